The first-order valence-corrected chi connectivity index (χ1v) is 9.78. The van der Waals surface area contributed by atoms with Gasteiger partial charge in [0.25, 0.3) is 0 Å². The summed E-state index contributed by atoms with van der Waals surface area (Å²) in [6.07, 6.45) is 10.5. The van der Waals surface area contributed by atoms with E-state index in [1.54, 1.807) is 0 Å². The first-order valence-electron chi connectivity index (χ1n) is 9.78. The number of carbonyl (C=O) groups excluding carboxylic acids is 1. The van der Waals surface area contributed by atoms with Crippen molar-refractivity contribution < 1.29 is 9.53 Å². The Kier molecular flexibility index (Phi) is 4.73. The molecule has 2 nitrogen and oxygen atoms in total. The second-order valence-electron chi connectivity index (χ2n) is 7.73. The molecular formula is C22H28O2. The van der Waals surface area contributed by atoms with Crippen LogP contribution in [-0.2, 0) is 9.53 Å². The van der Waals surface area contributed by atoms with Gasteiger partial charge in [0.2, 0.25) is 0 Å². The highest BCUT2D eigenvalue weighted by atomic mass is 16.5. The van der Waals surface area contributed by atoms with Crippen LogP contribution in [0.3, 0.4) is 0 Å². The zero-order valence-electron chi connectivity index (χ0n) is 14.5. The molecule has 1 aliphatic heterocycles. The molecule has 1 heterocycles. The third kappa shape index (κ3) is 3.29. The molecule has 2 unspecified atom stereocenters. The number of benzene rings is 1. The third-order valence-corrected chi connectivity index (χ3v) is 5.99. The molecule has 128 valence electrons. The fourth-order valence-electron chi connectivity index (χ4n) is 4.55. The van der Waals surface area contributed by atoms with Crippen molar-refractivity contribution in [2.24, 2.45) is 11.8 Å². The Morgan fingerprint density at radius 3 is 2.38 bits per heavy atom. The van der Waals surface area contributed by atoms with Crippen molar-refractivity contribution in [3.8, 4) is 0 Å². The van der Waals surface area contributed by atoms with Crippen LogP contribution in [0, 0.1) is 11.8 Å². The van der Waals surface area contributed by atoms with E-state index in [1.807, 2.05) is 0 Å². The van der Waals surface area contributed by atoms with Crippen LogP contribution < -0.4 is 0 Å². The van der Waals surface area contributed by atoms with Crippen molar-refractivity contribution in [1.29, 1.82) is 0 Å². The summed E-state index contributed by atoms with van der Waals surface area (Å²) < 4.78 is 6.20. The maximum Gasteiger partial charge on any atom is 0.169 e. The summed E-state index contributed by atoms with van der Waals surface area (Å²) in [6.45, 7) is 0.591. The average Bonchev–Trinajstić information content (AvgIpc) is 3.42. The number of hydrogen-bond acceptors (Lipinski definition) is 2. The molecule has 2 atom stereocenters. The Hall–Kier alpha value is -1.57. The topological polar surface area (TPSA) is 26.3 Å². The van der Waals surface area contributed by atoms with Crippen LogP contribution >= 0.6 is 0 Å². The maximum atomic E-state index is 13.3. The molecule has 0 aromatic heterocycles. The fraction of sp³-hybridized carbons (Fsp3) is 0.591. The Bertz CT molecular complexity index is 612. The molecule has 0 amide bonds. The van der Waals surface area contributed by atoms with Gasteiger partial charge in [-0.05, 0) is 43.6 Å². The van der Waals surface area contributed by atoms with Gasteiger partial charge in [-0.2, -0.15) is 0 Å². The van der Waals surface area contributed by atoms with Crippen molar-refractivity contribution in [1.82, 2.24) is 0 Å². The maximum absolute atomic E-state index is 13.3. The zero-order chi connectivity index (χ0) is 16.4. The molecule has 2 heteroatoms. The van der Waals surface area contributed by atoms with Crippen molar-refractivity contribution in [3.63, 3.8) is 0 Å². The second kappa shape index (κ2) is 7.13. The molecule has 1 fully saturated rings. The van der Waals surface area contributed by atoms with Crippen LogP contribution in [0.25, 0.3) is 0 Å². The highest BCUT2D eigenvalue weighted by Crippen LogP contribution is 2.49. The van der Waals surface area contributed by atoms with Crippen molar-refractivity contribution in [2.75, 3.05) is 6.61 Å². The lowest BCUT2D eigenvalue weighted by Crippen LogP contribution is -2.34. The molecule has 4 rings (SSSR count). The second-order valence-corrected chi connectivity index (χ2v) is 7.73. The Labute approximate surface area is 145 Å². The van der Waals surface area contributed by atoms with E-state index in [0.717, 1.165) is 30.6 Å². The molecule has 2 aliphatic carbocycles. The fourth-order valence-corrected chi connectivity index (χ4v) is 4.55. The molecule has 0 bridgehead atoms. The van der Waals surface area contributed by atoms with Gasteiger partial charge in [0.1, 0.15) is 5.76 Å². The van der Waals surface area contributed by atoms with Gasteiger partial charge in [0.15, 0.2) is 5.78 Å². The summed E-state index contributed by atoms with van der Waals surface area (Å²) in [4.78, 5) is 13.3. The largest absolute Gasteiger partial charge is 0.497 e. The minimum atomic E-state index is 0.0272. The predicted octanol–water partition coefficient (Wildman–Crippen LogP) is 5.39. The number of rotatable bonds is 3. The SMILES string of the molecule is O=C1C2=C(CCCCCCC2)OCC1C(c1ccccc1)C1CC1. The van der Waals surface area contributed by atoms with E-state index in [4.69, 9.17) is 4.74 Å². The first kappa shape index (κ1) is 15.9. The number of ketones is 1. The van der Waals surface area contributed by atoms with Crippen LogP contribution in [0.1, 0.15) is 69.3 Å². The van der Waals surface area contributed by atoms with E-state index in [-0.39, 0.29) is 5.92 Å². The molecule has 0 N–H and O–H groups in total. The zero-order valence-corrected chi connectivity index (χ0v) is 14.5. The highest BCUT2D eigenvalue weighted by molar-refractivity contribution is 5.99. The van der Waals surface area contributed by atoms with Gasteiger partial charge in [-0.25, -0.2) is 0 Å². The molecule has 0 saturated heterocycles. The smallest absolute Gasteiger partial charge is 0.169 e. The number of hydrogen-bond donors (Lipinski definition) is 0. The molecule has 24 heavy (non-hydrogen) atoms. The van der Waals surface area contributed by atoms with Gasteiger partial charge in [0.05, 0.1) is 12.5 Å². The normalized spacial score (nSPS) is 26.7. The first-order chi connectivity index (χ1) is 11.8. The van der Waals surface area contributed by atoms with Gasteiger partial charge < -0.3 is 4.74 Å². The van der Waals surface area contributed by atoms with Crippen molar-refractivity contribution in [2.45, 2.75) is 63.7 Å². The Morgan fingerprint density at radius 1 is 0.917 bits per heavy atom. The lowest BCUT2D eigenvalue weighted by atomic mass is 9.76. The van der Waals surface area contributed by atoms with Crippen LogP contribution in [0.2, 0.25) is 0 Å². The number of ether oxygens (including phenoxy) is 1. The lowest BCUT2D eigenvalue weighted by Gasteiger charge is -2.32. The van der Waals surface area contributed by atoms with E-state index in [2.05, 4.69) is 30.3 Å². The van der Waals surface area contributed by atoms with E-state index < -0.39 is 0 Å². The van der Waals surface area contributed by atoms with Gasteiger partial charge >= 0.3 is 0 Å². The lowest BCUT2D eigenvalue weighted by molar-refractivity contribution is -0.124. The minimum absolute atomic E-state index is 0.0272. The van der Waals surface area contributed by atoms with Crippen molar-refractivity contribution >= 4 is 5.78 Å². The molecule has 0 radical (unpaired) electrons. The van der Waals surface area contributed by atoms with Crippen molar-refractivity contribution in [3.05, 3.63) is 47.2 Å². The Balaban J connectivity index is 1.61. The molecule has 1 aromatic carbocycles. The summed E-state index contributed by atoms with van der Waals surface area (Å²) in [6, 6.07) is 10.7. The summed E-state index contributed by atoms with van der Waals surface area (Å²) in [5, 5.41) is 0. The number of carbonyl (C=O) groups is 1. The van der Waals surface area contributed by atoms with E-state index >= 15 is 0 Å². The minimum Gasteiger partial charge on any atom is -0.497 e. The summed E-state index contributed by atoms with van der Waals surface area (Å²) in [5.74, 6) is 2.47. The summed E-state index contributed by atoms with van der Waals surface area (Å²) in [5.41, 5.74) is 2.36. The Morgan fingerprint density at radius 2 is 1.62 bits per heavy atom. The standard InChI is InChI=1S/C22H28O2/c23-22-18-11-7-2-1-3-8-12-20(18)24-15-19(22)21(17-13-14-17)16-9-5-4-6-10-16/h4-6,9-10,17,19,21H,1-3,7-8,11-15H2. The molecule has 1 saturated carbocycles. The molecule has 1 aromatic rings. The van der Waals surface area contributed by atoms with E-state index in [9.17, 15) is 4.79 Å². The van der Waals surface area contributed by atoms with Crippen LogP contribution in [0.15, 0.2) is 41.7 Å². The van der Waals surface area contributed by atoms with E-state index in [0.29, 0.717) is 24.2 Å². The van der Waals surface area contributed by atoms with Crippen LogP contribution in [0.5, 0.6) is 0 Å². The van der Waals surface area contributed by atoms with Gasteiger partial charge in [-0.1, -0.05) is 49.6 Å². The van der Waals surface area contributed by atoms with Gasteiger partial charge in [-0.3, -0.25) is 4.79 Å². The summed E-state index contributed by atoms with van der Waals surface area (Å²) >= 11 is 0. The third-order valence-electron chi connectivity index (χ3n) is 5.99. The molecule has 3 aliphatic rings. The number of Topliss-reactive ketones (excluding diaryl/α,β-unsaturated/α-hetero) is 1. The van der Waals surface area contributed by atoms with Gasteiger partial charge in [-0.15, -0.1) is 0 Å². The monoisotopic (exact) mass is 324 g/mol. The quantitative estimate of drug-likeness (QED) is 0.744. The summed E-state index contributed by atoms with van der Waals surface area (Å²) in [7, 11) is 0. The average molecular weight is 324 g/mol. The predicted molar refractivity (Wildman–Crippen MR) is 95.7 cm³/mol. The van der Waals surface area contributed by atoms with Crippen LogP contribution in [0.4, 0.5) is 0 Å². The van der Waals surface area contributed by atoms with E-state index in [1.165, 1.54) is 44.1 Å². The molecule has 0 spiro atoms. The van der Waals surface area contributed by atoms with Crippen LogP contribution in [-0.4, -0.2) is 12.4 Å². The number of allylic oxidation sites excluding steroid dienone is 2. The van der Waals surface area contributed by atoms with Gasteiger partial charge in [0, 0.05) is 17.9 Å². The highest BCUT2D eigenvalue weighted by Gasteiger charge is 2.43. The molecular weight excluding hydrogens is 296 g/mol.